The van der Waals surface area contributed by atoms with E-state index < -0.39 is 31.7 Å². The van der Waals surface area contributed by atoms with Crippen LogP contribution in [0.4, 0.5) is 20.2 Å². The zero-order valence-corrected chi connectivity index (χ0v) is 21.7. The van der Waals surface area contributed by atoms with E-state index in [0.717, 1.165) is 36.4 Å². The van der Waals surface area contributed by atoms with Crippen molar-refractivity contribution in [1.29, 1.82) is 0 Å². The monoisotopic (exact) mass is 630 g/mol. The van der Waals surface area contributed by atoms with Crippen molar-refractivity contribution < 1.29 is 25.6 Å². The first-order chi connectivity index (χ1) is 16.0. The Balaban J connectivity index is 1.75. The predicted octanol–water partition coefficient (Wildman–Crippen LogP) is 6.24. The maximum absolute atomic E-state index is 13.4. The fourth-order valence-corrected chi connectivity index (χ4v) is 7.52. The van der Waals surface area contributed by atoms with Crippen molar-refractivity contribution in [2.45, 2.75) is 9.79 Å². The van der Waals surface area contributed by atoms with Crippen LogP contribution >= 0.6 is 31.9 Å². The minimum absolute atomic E-state index is 0.0542. The number of hydrogen-bond acceptors (Lipinski definition) is 4. The summed E-state index contributed by atoms with van der Waals surface area (Å²) in [4.78, 5) is -0.326. The summed E-state index contributed by atoms with van der Waals surface area (Å²) in [5, 5.41) is 0.838. The van der Waals surface area contributed by atoms with E-state index in [0.29, 0.717) is 10.8 Å². The maximum atomic E-state index is 13.4. The third kappa shape index (κ3) is 4.95. The molecule has 6 nitrogen and oxygen atoms in total. The Kier molecular flexibility index (Phi) is 6.69. The number of benzene rings is 4. The van der Waals surface area contributed by atoms with Gasteiger partial charge in [-0.15, -0.1) is 0 Å². The van der Waals surface area contributed by atoms with Crippen LogP contribution in [-0.4, -0.2) is 16.8 Å². The van der Waals surface area contributed by atoms with Crippen molar-refractivity contribution in [2.24, 2.45) is 0 Å². The summed E-state index contributed by atoms with van der Waals surface area (Å²) >= 11 is 6.12. The molecular formula is C22H14Br2F2N2O4S2. The van der Waals surface area contributed by atoms with Crippen molar-refractivity contribution in [3.05, 3.63) is 93.4 Å². The van der Waals surface area contributed by atoms with Gasteiger partial charge in [0.05, 0.1) is 11.4 Å². The fourth-order valence-electron chi connectivity index (χ4n) is 3.26. The lowest BCUT2D eigenvalue weighted by Gasteiger charge is -2.16. The number of halogens is 4. The van der Waals surface area contributed by atoms with Crippen molar-refractivity contribution >= 4 is 74.1 Å². The first kappa shape index (κ1) is 24.6. The van der Waals surface area contributed by atoms with Crippen molar-refractivity contribution in [3.63, 3.8) is 0 Å². The topological polar surface area (TPSA) is 92.3 Å². The summed E-state index contributed by atoms with van der Waals surface area (Å²) in [6.07, 6.45) is 0. The zero-order valence-electron chi connectivity index (χ0n) is 16.9. The zero-order chi connectivity index (χ0) is 24.7. The maximum Gasteiger partial charge on any atom is 0.263 e. The number of anilines is 2. The van der Waals surface area contributed by atoms with E-state index in [-0.39, 0.29) is 30.1 Å². The Morgan fingerprint density at radius 2 is 0.971 bits per heavy atom. The predicted molar refractivity (Wildman–Crippen MR) is 134 cm³/mol. The number of hydrogen-bond donors (Lipinski definition) is 2. The van der Waals surface area contributed by atoms with Gasteiger partial charge in [-0.3, -0.25) is 9.44 Å². The van der Waals surface area contributed by atoms with Gasteiger partial charge in [0.1, 0.15) is 21.4 Å². The van der Waals surface area contributed by atoms with E-state index in [1.165, 1.54) is 12.1 Å². The Bertz CT molecular complexity index is 1520. The first-order valence-electron chi connectivity index (χ1n) is 9.45. The molecule has 0 unspecified atom stereocenters. The Hall–Kier alpha value is -2.54. The number of fused-ring (bicyclic) bond motifs is 1. The second-order valence-electron chi connectivity index (χ2n) is 7.07. The number of rotatable bonds is 6. The van der Waals surface area contributed by atoms with Gasteiger partial charge in [-0.1, -0.05) is 24.3 Å². The third-order valence-corrected chi connectivity index (χ3v) is 9.46. The van der Waals surface area contributed by atoms with Crippen LogP contribution in [0.15, 0.2) is 91.5 Å². The molecule has 0 heterocycles. The SMILES string of the molecule is O=S(=O)(Nc1ccc(NS(=O)(=O)c2ccc(F)cc2Br)c2ccccc12)c1ccc(F)cc1Br. The van der Waals surface area contributed by atoms with Crippen LogP contribution in [0.2, 0.25) is 0 Å². The lowest BCUT2D eigenvalue weighted by atomic mass is 10.1. The molecule has 176 valence electrons. The molecular weight excluding hydrogens is 618 g/mol. The van der Waals surface area contributed by atoms with Gasteiger partial charge < -0.3 is 0 Å². The minimum atomic E-state index is -4.10. The summed E-state index contributed by atoms with van der Waals surface area (Å²) in [6.45, 7) is 0. The molecule has 0 spiro atoms. The van der Waals surface area contributed by atoms with Crippen molar-refractivity contribution in [2.75, 3.05) is 9.44 Å². The number of sulfonamides is 2. The lowest BCUT2D eigenvalue weighted by Crippen LogP contribution is -2.15. The molecule has 0 fully saturated rings. The molecule has 2 N–H and O–H groups in total. The van der Waals surface area contributed by atoms with Crippen LogP contribution in [0.3, 0.4) is 0 Å². The fraction of sp³-hybridized carbons (Fsp3) is 0. The molecule has 0 bridgehead atoms. The van der Waals surface area contributed by atoms with E-state index >= 15 is 0 Å². The van der Waals surface area contributed by atoms with Crippen LogP contribution in [0.5, 0.6) is 0 Å². The molecule has 12 heteroatoms. The third-order valence-electron chi connectivity index (χ3n) is 4.78. The summed E-state index contributed by atoms with van der Waals surface area (Å²) < 4.78 is 83.6. The largest absolute Gasteiger partial charge is 0.279 e. The molecule has 0 amide bonds. The second-order valence-corrected chi connectivity index (χ2v) is 12.1. The van der Waals surface area contributed by atoms with Crippen LogP contribution in [0.25, 0.3) is 10.8 Å². The number of nitrogens with one attached hydrogen (secondary N) is 2. The van der Waals surface area contributed by atoms with Crippen LogP contribution < -0.4 is 9.44 Å². The van der Waals surface area contributed by atoms with E-state index in [2.05, 4.69) is 41.3 Å². The van der Waals surface area contributed by atoms with Gasteiger partial charge in [-0.25, -0.2) is 25.6 Å². The molecule has 0 aromatic heterocycles. The summed E-state index contributed by atoms with van der Waals surface area (Å²) in [6, 6.07) is 15.8. The summed E-state index contributed by atoms with van der Waals surface area (Å²) in [5.74, 6) is -1.19. The van der Waals surface area contributed by atoms with Crippen LogP contribution in [-0.2, 0) is 20.0 Å². The highest BCUT2D eigenvalue weighted by Gasteiger charge is 2.22. The minimum Gasteiger partial charge on any atom is -0.279 e. The molecule has 34 heavy (non-hydrogen) atoms. The molecule has 4 aromatic rings. The first-order valence-corrected chi connectivity index (χ1v) is 14.0. The van der Waals surface area contributed by atoms with Gasteiger partial charge in [0, 0.05) is 19.7 Å². The highest BCUT2D eigenvalue weighted by molar-refractivity contribution is 9.10. The molecule has 0 aliphatic carbocycles. The Morgan fingerprint density at radius 3 is 1.32 bits per heavy atom. The van der Waals surface area contributed by atoms with Gasteiger partial charge in [-0.05, 0) is 80.4 Å². The smallest absolute Gasteiger partial charge is 0.263 e. The average Bonchev–Trinajstić information content (AvgIpc) is 2.74. The van der Waals surface area contributed by atoms with Crippen molar-refractivity contribution in [1.82, 2.24) is 0 Å². The second kappa shape index (κ2) is 9.25. The van der Waals surface area contributed by atoms with Crippen molar-refractivity contribution in [3.8, 4) is 0 Å². The quantitative estimate of drug-likeness (QED) is 0.263. The normalized spacial score (nSPS) is 12.0. The van der Waals surface area contributed by atoms with Gasteiger partial charge in [0.2, 0.25) is 0 Å². The molecule has 0 radical (unpaired) electrons. The van der Waals surface area contributed by atoms with Gasteiger partial charge in [0.25, 0.3) is 20.0 Å². The van der Waals surface area contributed by atoms with Gasteiger partial charge in [-0.2, -0.15) is 0 Å². The van der Waals surface area contributed by atoms with E-state index in [1.54, 1.807) is 24.3 Å². The molecule has 0 aliphatic rings. The Morgan fingerprint density at radius 1 is 0.588 bits per heavy atom. The summed E-state index contributed by atoms with van der Waals surface area (Å²) in [7, 11) is -8.19. The Labute approximate surface area is 211 Å². The van der Waals surface area contributed by atoms with E-state index in [9.17, 15) is 25.6 Å². The van der Waals surface area contributed by atoms with Gasteiger partial charge >= 0.3 is 0 Å². The molecule has 0 atom stereocenters. The van der Waals surface area contributed by atoms with E-state index in [1.807, 2.05) is 0 Å². The van der Waals surface area contributed by atoms with Crippen LogP contribution in [0, 0.1) is 11.6 Å². The van der Waals surface area contributed by atoms with Crippen LogP contribution in [0.1, 0.15) is 0 Å². The molecule has 4 aromatic carbocycles. The standard InChI is InChI=1S/C22H14Br2F2N2O4S2/c23-17-11-13(25)5-9-21(17)33(29,30)27-19-7-8-20(16-4-2-1-3-15(16)19)28-34(31,32)22-10-6-14(26)12-18(22)24/h1-12,27-28H. The highest BCUT2D eigenvalue weighted by Crippen LogP contribution is 2.34. The van der Waals surface area contributed by atoms with E-state index in [4.69, 9.17) is 0 Å². The highest BCUT2D eigenvalue weighted by atomic mass is 79.9. The molecule has 0 saturated heterocycles. The van der Waals surface area contributed by atoms with Gasteiger partial charge in [0.15, 0.2) is 0 Å². The molecule has 4 rings (SSSR count). The molecule has 0 aliphatic heterocycles. The summed E-state index contributed by atoms with van der Waals surface area (Å²) in [5.41, 5.74) is 0.385. The average molecular weight is 632 g/mol. The molecule has 0 saturated carbocycles. The lowest BCUT2D eigenvalue weighted by molar-refractivity contribution is 0.596.